The number of hydrogen-bond acceptors (Lipinski definition) is 2. The number of carboxylic acids is 1. The highest BCUT2D eigenvalue weighted by atomic mass is 19.4. The Morgan fingerprint density at radius 3 is 2.27 bits per heavy atom. The van der Waals surface area contributed by atoms with Crippen molar-refractivity contribution in [3.63, 3.8) is 0 Å². The van der Waals surface area contributed by atoms with Gasteiger partial charge >= 0.3 is 12.1 Å². The molecule has 0 aliphatic rings. The molecule has 3 nitrogen and oxygen atoms in total. The zero-order chi connectivity index (χ0) is 16.2. The fourth-order valence-electron chi connectivity index (χ4n) is 1.84. The number of carboxylic acid groups (broad SMARTS) is 1. The van der Waals surface area contributed by atoms with Crippen LogP contribution in [0.4, 0.5) is 13.2 Å². The van der Waals surface area contributed by atoms with Crippen molar-refractivity contribution in [2.75, 3.05) is 0 Å². The van der Waals surface area contributed by atoms with E-state index in [0.717, 1.165) is 18.2 Å². The predicted molar refractivity (Wildman–Crippen MR) is 74.0 cm³/mol. The zero-order valence-corrected chi connectivity index (χ0v) is 11.2. The van der Waals surface area contributed by atoms with Gasteiger partial charge in [-0.3, -0.25) is 0 Å². The van der Waals surface area contributed by atoms with E-state index in [-0.39, 0.29) is 0 Å². The molecule has 0 bridgehead atoms. The standard InChI is InChI=1S/C16H11F3O3/c17-16(18,19)13-6-4-11(5-7-13)14(2-1-3-15(20)21)12-8-9-22-10-12/h1-10H,(H,20,21). The number of carbonyl (C=O) groups is 1. The van der Waals surface area contributed by atoms with Crippen molar-refractivity contribution in [3.05, 3.63) is 77.8 Å². The van der Waals surface area contributed by atoms with E-state index >= 15 is 0 Å². The smallest absolute Gasteiger partial charge is 0.416 e. The first kappa shape index (κ1) is 15.6. The minimum absolute atomic E-state index is 0.518. The van der Waals surface area contributed by atoms with Gasteiger partial charge in [0, 0.05) is 11.6 Å². The van der Waals surface area contributed by atoms with Crippen molar-refractivity contribution in [1.82, 2.24) is 0 Å². The summed E-state index contributed by atoms with van der Waals surface area (Å²) in [6.07, 6.45) is 2.20. The van der Waals surface area contributed by atoms with Crippen molar-refractivity contribution < 1.29 is 27.5 Å². The quantitative estimate of drug-likeness (QED) is 0.674. The molecule has 0 aliphatic carbocycles. The summed E-state index contributed by atoms with van der Waals surface area (Å²) in [5.74, 6) is -1.12. The molecule has 0 spiro atoms. The van der Waals surface area contributed by atoms with Gasteiger partial charge in [-0.05, 0) is 29.3 Å². The number of hydrogen-bond donors (Lipinski definition) is 1. The molecular weight excluding hydrogens is 297 g/mol. The Balaban J connectivity index is 2.40. The second-order valence-corrected chi connectivity index (χ2v) is 4.36. The largest absolute Gasteiger partial charge is 0.478 e. The highest BCUT2D eigenvalue weighted by molar-refractivity contribution is 5.83. The summed E-state index contributed by atoms with van der Waals surface area (Å²) >= 11 is 0. The molecule has 0 saturated heterocycles. The zero-order valence-electron chi connectivity index (χ0n) is 11.2. The molecule has 1 N–H and O–H groups in total. The molecular formula is C16H11F3O3. The second-order valence-electron chi connectivity index (χ2n) is 4.36. The molecule has 0 saturated carbocycles. The first-order valence-corrected chi connectivity index (χ1v) is 6.19. The molecule has 0 amide bonds. The number of alkyl halides is 3. The fourth-order valence-corrected chi connectivity index (χ4v) is 1.84. The lowest BCUT2D eigenvalue weighted by atomic mass is 9.98. The lowest BCUT2D eigenvalue weighted by Gasteiger charge is -2.09. The maximum absolute atomic E-state index is 12.6. The van der Waals surface area contributed by atoms with Crippen molar-refractivity contribution in [1.29, 1.82) is 0 Å². The van der Waals surface area contributed by atoms with Crippen LogP contribution < -0.4 is 0 Å². The lowest BCUT2D eigenvalue weighted by Crippen LogP contribution is -2.04. The highest BCUT2D eigenvalue weighted by Gasteiger charge is 2.30. The molecule has 2 rings (SSSR count). The molecule has 1 heterocycles. The van der Waals surface area contributed by atoms with Gasteiger partial charge in [0.2, 0.25) is 0 Å². The Hall–Kier alpha value is -2.76. The number of rotatable bonds is 4. The SMILES string of the molecule is O=C(O)C=CC=C(c1ccc(C(F)(F)F)cc1)c1ccoc1. The van der Waals surface area contributed by atoms with Crippen LogP contribution >= 0.6 is 0 Å². The minimum Gasteiger partial charge on any atom is -0.478 e. The number of halogens is 3. The first-order chi connectivity index (χ1) is 10.4. The molecule has 114 valence electrons. The van der Waals surface area contributed by atoms with Crippen LogP contribution in [0, 0.1) is 0 Å². The van der Waals surface area contributed by atoms with E-state index in [4.69, 9.17) is 9.52 Å². The van der Waals surface area contributed by atoms with Gasteiger partial charge in [-0.25, -0.2) is 4.79 Å². The average molecular weight is 308 g/mol. The Kier molecular flexibility index (Phi) is 4.50. The van der Waals surface area contributed by atoms with Crippen LogP contribution in [0.5, 0.6) is 0 Å². The third-order valence-corrected chi connectivity index (χ3v) is 2.86. The summed E-state index contributed by atoms with van der Waals surface area (Å²) < 4.78 is 42.7. The first-order valence-electron chi connectivity index (χ1n) is 6.19. The van der Waals surface area contributed by atoms with E-state index in [0.29, 0.717) is 16.7 Å². The lowest BCUT2D eigenvalue weighted by molar-refractivity contribution is -0.137. The molecule has 1 aromatic heterocycles. The Morgan fingerprint density at radius 2 is 1.77 bits per heavy atom. The number of benzene rings is 1. The van der Waals surface area contributed by atoms with Crippen LogP contribution in [-0.2, 0) is 11.0 Å². The predicted octanol–water partition coefficient (Wildman–Crippen LogP) is 4.37. The van der Waals surface area contributed by atoms with Crippen molar-refractivity contribution in [2.45, 2.75) is 6.18 Å². The molecule has 0 fully saturated rings. The van der Waals surface area contributed by atoms with Crippen LogP contribution in [0.2, 0.25) is 0 Å². The summed E-state index contributed by atoms with van der Waals surface area (Å²) in [6, 6.07) is 6.25. The number of furan rings is 1. The van der Waals surface area contributed by atoms with Crippen LogP contribution in [0.1, 0.15) is 16.7 Å². The fraction of sp³-hybridized carbons (Fsp3) is 0.0625. The molecule has 1 aromatic carbocycles. The molecule has 0 unspecified atom stereocenters. The normalized spacial score (nSPS) is 12.8. The maximum atomic E-state index is 12.6. The topological polar surface area (TPSA) is 50.4 Å². The molecule has 0 radical (unpaired) electrons. The van der Waals surface area contributed by atoms with Crippen LogP contribution in [-0.4, -0.2) is 11.1 Å². The Morgan fingerprint density at radius 1 is 1.09 bits per heavy atom. The van der Waals surface area contributed by atoms with Crippen molar-refractivity contribution >= 4 is 11.5 Å². The van der Waals surface area contributed by atoms with Crippen LogP contribution in [0.25, 0.3) is 5.57 Å². The Bertz CT molecular complexity index is 693. The van der Waals surface area contributed by atoms with Crippen molar-refractivity contribution in [2.24, 2.45) is 0 Å². The van der Waals surface area contributed by atoms with Gasteiger partial charge in [-0.15, -0.1) is 0 Å². The van der Waals surface area contributed by atoms with E-state index in [1.807, 2.05) is 0 Å². The monoisotopic (exact) mass is 308 g/mol. The summed E-state index contributed by atoms with van der Waals surface area (Å²) in [4.78, 5) is 10.5. The van der Waals surface area contributed by atoms with E-state index in [9.17, 15) is 18.0 Å². The molecule has 0 aliphatic heterocycles. The molecule has 22 heavy (non-hydrogen) atoms. The number of aliphatic carboxylic acids is 1. The molecule has 6 heteroatoms. The molecule has 0 atom stereocenters. The van der Waals surface area contributed by atoms with Gasteiger partial charge in [0.25, 0.3) is 0 Å². The van der Waals surface area contributed by atoms with Crippen LogP contribution in [0.15, 0.2) is 65.5 Å². The van der Waals surface area contributed by atoms with Crippen LogP contribution in [0.3, 0.4) is 0 Å². The maximum Gasteiger partial charge on any atom is 0.416 e. The summed E-state index contributed by atoms with van der Waals surface area (Å²) in [7, 11) is 0. The Labute approximate surface area is 124 Å². The van der Waals surface area contributed by atoms with Gasteiger partial charge in [-0.1, -0.05) is 24.3 Å². The van der Waals surface area contributed by atoms with Gasteiger partial charge < -0.3 is 9.52 Å². The van der Waals surface area contributed by atoms with Gasteiger partial charge in [-0.2, -0.15) is 13.2 Å². The molecule has 2 aromatic rings. The van der Waals surface area contributed by atoms with Gasteiger partial charge in [0.05, 0.1) is 18.1 Å². The summed E-state index contributed by atoms with van der Waals surface area (Å²) in [5, 5.41) is 8.59. The summed E-state index contributed by atoms with van der Waals surface area (Å²) in [6.45, 7) is 0. The van der Waals surface area contributed by atoms with E-state index in [1.54, 1.807) is 6.07 Å². The van der Waals surface area contributed by atoms with Gasteiger partial charge in [0.15, 0.2) is 0 Å². The minimum atomic E-state index is -4.40. The van der Waals surface area contributed by atoms with Crippen molar-refractivity contribution in [3.8, 4) is 0 Å². The highest BCUT2D eigenvalue weighted by Crippen LogP contribution is 2.31. The average Bonchev–Trinajstić information content (AvgIpc) is 2.96. The van der Waals surface area contributed by atoms with E-state index in [2.05, 4.69) is 0 Å². The third-order valence-electron chi connectivity index (χ3n) is 2.86. The second kappa shape index (κ2) is 6.34. The van der Waals surface area contributed by atoms with E-state index in [1.165, 1.54) is 36.8 Å². The third kappa shape index (κ3) is 3.88. The van der Waals surface area contributed by atoms with Gasteiger partial charge in [0.1, 0.15) is 0 Å². The summed E-state index contributed by atoms with van der Waals surface area (Å²) in [5.41, 5.74) is 0.961. The number of allylic oxidation sites excluding steroid dienone is 2. The van der Waals surface area contributed by atoms with E-state index < -0.39 is 17.7 Å².